The zero-order valence-electron chi connectivity index (χ0n) is 5.94. The molecule has 4 heteroatoms. The Bertz CT molecular complexity index is 288. The lowest BCUT2D eigenvalue weighted by molar-refractivity contribution is 0.0662. The second-order valence-electron chi connectivity index (χ2n) is 1.87. The van der Waals surface area contributed by atoms with Crippen LogP contribution >= 0.6 is 0 Å². The first-order valence-electron chi connectivity index (χ1n) is 3.06. The lowest BCUT2D eigenvalue weighted by atomic mass is 10.5. The molecule has 0 fully saturated rings. The summed E-state index contributed by atoms with van der Waals surface area (Å²) in [6, 6.07) is 0. The van der Waals surface area contributed by atoms with Gasteiger partial charge in [-0.25, -0.2) is 9.78 Å². The molecule has 0 bridgehead atoms. The highest BCUT2D eigenvalue weighted by Crippen LogP contribution is 2.04. The van der Waals surface area contributed by atoms with Gasteiger partial charge in [0.2, 0.25) is 11.7 Å². The van der Waals surface area contributed by atoms with Crippen LogP contribution in [-0.4, -0.2) is 16.1 Å². The van der Waals surface area contributed by atoms with E-state index in [9.17, 15) is 4.79 Å². The van der Waals surface area contributed by atoms with Crippen LogP contribution in [0.15, 0.2) is 16.7 Å². The normalized spacial score (nSPS) is 10.6. The molecule has 1 heterocycles. The van der Waals surface area contributed by atoms with Crippen LogP contribution in [0.5, 0.6) is 0 Å². The van der Waals surface area contributed by atoms with Crippen LogP contribution in [0.4, 0.5) is 0 Å². The number of aromatic nitrogens is 1. The number of nitrogens with zero attached hydrogens (tertiary/aromatic N) is 1. The molecule has 0 spiro atoms. The summed E-state index contributed by atoms with van der Waals surface area (Å²) in [7, 11) is 0. The molecule has 0 atom stereocenters. The van der Waals surface area contributed by atoms with Crippen molar-refractivity contribution in [3.05, 3.63) is 23.9 Å². The number of carboxylic acid groups (broad SMARTS) is 1. The van der Waals surface area contributed by atoms with Crippen LogP contribution in [0.3, 0.4) is 0 Å². The molecule has 0 saturated carbocycles. The summed E-state index contributed by atoms with van der Waals surface area (Å²) >= 11 is 0. The third-order valence-corrected chi connectivity index (χ3v) is 1.04. The van der Waals surface area contributed by atoms with E-state index in [0.717, 1.165) is 0 Å². The largest absolute Gasteiger partial charge is 0.475 e. The summed E-state index contributed by atoms with van der Waals surface area (Å²) in [5.41, 5.74) is 0. The molecule has 0 aromatic carbocycles. The molecule has 0 unspecified atom stereocenters. The number of hydrogen-bond acceptors (Lipinski definition) is 3. The molecule has 0 radical (unpaired) electrons. The molecule has 1 N–H and O–H groups in total. The van der Waals surface area contributed by atoms with Gasteiger partial charge in [0.25, 0.3) is 0 Å². The Hall–Kier alpha value is -1.58. The van der Waals surface area contributed by atoms with Crippen molar-refractivity contribution in [2.45, 2.75) is 6.92 Å². The highest BCUT2D eigenvalue weighted by atomic mass is 16.4. The minimum atomic E-state index is -1.10. The van der Waals surface area contributed by atoms with Gasteiger partial charge >= 0.3 is 5.97 Å². The predicted molar refractivity (Wildman–Crippen MR) is 38.2 cm³/mol. The highest BCUT2D eigenvalue weighted by Gasteiger charge is 2.07. The molecule has 0 aliphatic rings. The Labute approximate surface area is 63.2 Å². The van der Waals surface area contributed by atoms with Gasteiger partial charge in [-0.3, -0.25) is 0 Å². The van der Waals surface area contributed by atoms with Gasteiger partial charge in [0.05, 0.1) is 6.20 Å². The zero-order chi connectivity index (χ0) is 8.27. The van der Waals surface area contributed by atoms with E-state index in [0.29, 0.717) is 5.89 Å². The van der Waals surface area contributed by atoms with Crippen LogP contribution in [0.25, 0.3) is 6.08 Å². The van der Waals surface area contributed by atoms with Crippen molar-refractivity contribution in [2.24, 2.45) is 0 Å². The number of allylic oxidation sites excluding steroid dienone is 1. The van der Waals surface area contributed by atoms with Gasteiger partial charge in [0.1, 0.15) is 0 Å². The summed E-state index contributed by atoms with van der Waals surface area (Å²) in [6.45, 7) is 1.80. The van der Waals surface area contributed by atoms with Gasteiger partial charge in [-0.1, -0.05) is 6.08 Å². The van der Waals surface area contributed by atoms with E-state index in [1.165, 1.54) is 6.20 Å². The molecular formula is C7H7NO3. The van der Waals surface area contributed by atoms with Crippen molar-refractivity contribution in [1.82, 2.24) is 4.98 Å². The van der Waals surface area contributed by atoms with E-state index < -0.39 is 5.97 Å². The molecule has 0 aliphatic heterocycles. The van der Waals surface area contributed by atoms with Gasteiger partial charge < -0.3 is 9.52 Å². The quantitative estimate of drug-likeness (QED) is 0.697. The van der Waals surface area contributed by atoms with Crippen molar-refractivity contribution >= 4 is 12.0 Å². The minimum absolute atomic E-state index is 0.141. The summed E-state index contributed by atoms with van der Waals surface area (Å²) in [5, 5.41) is 8.41. The summed E-state index contributed by atoms with van der Waals surface area (Å²) in [5.74, 6) is -0.934. The maximum Gasteiger partial charge on any atom is 0.373 e. The smallest absolute Gasteiger partial charge is 0.373 e. The minimum Gasteiger partial charge on any atom is -0.475 e. The first kappa shape index (κ1) is 7.53. The third-order valence-electron chi connectivity index (χ3n) is 1.04. The van der Waals surface area contributed by atoms with Gasteiger partial charge in [-0.05, 0) is 13.0 Å². The fraction of sp³-hybridized carbons (Fsp3) is 0.143. The summed E-state index contributed by atoms with van der Waals surface area (Å²) in [4.78, 5) is 14.0. The van der Waals surface area contributed by atoms with Crippen LogP contribution < -0.4 is 0 Å². The molecule has 4 nitrogen and oxygen atoms in total. The second-order valence-corrected chi connectivity index (χ2v) is 1.87. The fourth-order valence-corrected chi connectivity index (χ4v) is 0.606. The van der Waals surface area contributed by atoms with Gasteiger partial charge in [-0.15, -0.1) is 0 Å². The Morgan fingerprint density at radius 2 is 2.55 bits per heavy atom. The average Bonchev–Trinajstić information content (AvgIpc) is 2.37. The maximum absolute atomic E-state index is 10.3. The Balaban J connectivity index is 2.90. The zero-order valence-corrected chi connectivity index (χ0v) is 5.94. The molecule has 11 heavy (non-hydrogen) atoms. The second kappa shape index (κ2) is 3.01. The average molecular weight is 153 g/mol. The van der Waals surface area contributed by atoms with E-state index in [1.807, 2.05) is 0 Å². The van der Waals surface area contributed by atoms with Crippen LogP contribution in [0, 0.1) is 0 Å². The summed E-state index contributed by atoms with van der Waals surface area (Å²) < 4.78 is 4.79. The van der Waals surface area contributed by atoms with Crippen molar-refractivity contribution < 1.29 is 14.3 Å². The van der Waals surface area contributed by atoms with Crippen molar-refractivity contribution in [3.8, 4) is 0 Å². The molecule has 0 saturated heterocycles. The van der Waals surface area contributed by atoms with E-state index in [2.05, 4.69) is 4.98 Å². The number of aromatic carboxylic acids is 1. The number of rotatable bonds is 2. The van der Waals surface area contributed by atoms with Crippen LogP contribution in [0.2, 0.25) is 0 Å². The van der Waals surface area contributed by atoms with Gasteiger partial charge in [0.15, 0.2) is 0 Å². The van der Waals surface area contributed by atoms with Crippen molar-refractivity contribution in [3.63, 3.8) is 0 Å². The molecular weight excluding hydrogens is 146 g/mol. The Kier molecular flexibility index (Phi) is 2.06. The van der Waals surface area contributed by atoms with Crippen molar-refractivity contribution in [2.75, 3.05) is 0 Å². The number of carbonyl (C=O) groups is 1. The van der Waals surface area contributed by atoms with Crippen molar-refractivity contribution in [1.29, 1.82) is 0 Å². The van der Waals surface area contributed by atoms with E-state index in [1.54, 1.807) is 19.1 Å². The van der Waals surface area contributed by atoms with E-state index in [-0.39, 0.29) is 5.76 Å². The first-order valence-corrected chi connectivity index (χ1v) is 3.06. The Morgan fingerprint density at radius 1 is 1.82 bits per heavy atom. The lowest BCUT2D eigenvalue weighted by Crippen LogP contribution is -1.91. The molecule has 0 aliphatic carbocycles. The van der Waals surface area contributed by atoms with E-state index in [4.69, 9.17) is 9.52 Å². The fourth-order valence-electron chi connectivity index (χ4n) is 0.606. The lowest BCUT2D eigenvalue weighted by Gasteiger charge is -1.81. The predicted octanol–water partition coefficient (Wildman–Crippen LogP) is 1.41. The molecule has 1 aromatic rings. The molecule has 58 valence electrons. The monoisotopic (exact) mass is 153 g/mol. The Morgan fingerprint density at radius 3 is 3.00 bits per heavy atom. The van der Waals surface area contributed by atoms with Crippen LogP contribution in [0.1, 0.15) is 23.4 Å². The molecule has 1 aromatic heterocycles. The summed E-state index contributed by atoms with van der Waals surface area (Å²) in [6.07, 6.45) is 4.49. The number of carboxylic acids is 1. The van der Waals surface area contributed by atoms with E-state index >= 15 is 0 Å². The molecule has 0 amide bonds. The SMILES string of the molecule is C/C=C/c1ncc(C(=O)O)o1. The van der Waals surface area contributed by atoms with Gasteiger partial charge in [-0.2, -0.15) is 0 Å². The standard InChI is InChI=1S/C7H7NO3/c1-2-3-6-8-4-5(11-6)7(9)10/h2-4H,1H3,(H,9,10)/b3-2+. The maximum atomic E-state index is 10.3. The number of hydrogen-bond donors (Lipinski definition) is 1. The third kappa shape index (κ3) is 1.67. The first-order chi connectivity index (χ1) is 5.24. The highest BCUT2D eigenvalue weighted by molar-refractivity contribution is 5.84. The topological polar surface area (TPSA) is 63.3 Å². The van der Waals surface area contributed by atoms with Gasteiger partial charge in [0, 0.05) is 0 Å². The van der Waals surface area contributed by atoms with Crippen LogP contribution in [-0.2, 0) is 0 Å². The number of oxazole rings is 1. The molecule has 1 rings (SSSR count).